The number of aromatic nitrogens is 5. The molecule has 26 heavy (non-hydrogen) atoms. The Kier molecular flexibility index (Phi) is 4.37. The van der Waals surface area contributed by atoms with Gasteiger partial charge in [0.1, 0.15) is 12.1 Å². The molecule has 0 atom stereocenters. The number of rotatable bonds is 3. The normalized spacial score (nSPS) is 17.0. The molecule has 0 amide bonds. The van der Waals surface area contributed by atoms with Crippen LogP contribution in [0.25, 0.3) is 5.65 Å². The first kappa shape index (κ1) is 17.3. The molecule has 3 aromatic heterocycles. The summed E-state index contributed by atoms with van der Waals surface area (Å²) in [5.74, 6) is 1.13. The fraction of sp³-hybridized carbons (Fsp3) is 0.375. The summed E-state index contributed by atoms with van der Waals surface area (Å²) in [6.45, 7) is 3.80. The molecule has 3 aromatic rings. The highest BCUT2D eigenvalue weighted by molar-refractivity contribution is 7.99. The summed E-state index contributed by atoms with van der Waals surface area (Å²) in [5.41, 5.74) is 12.6. The average molecular weight is 391 g/mol. The number of halogens is 1. The molecule has 1 fully saturated rings. The summed E-state index contributed by atoms with van der Waals surface area (Å²) < 4.78 is 1.90. The number of anilines is 2. The second-order valence-electron chi connectivity index (χ2n) is 6.70. The van der Waals surface area contributed by atoms with Gasteiger partial charge in [-0.3, -0.25) is 0 Å². The molecule has 0 radical (unpaired) electrons. The van der Waals surface area contributed by atoms with E-state index >= 15 is 0 Å². The van der Waals surface area contributed by atoms with Gasteiger partial charge in [-0.2, -0.15) is 0 Å². The van der Waals surface area contributed by atoms with E-state index in [1.165, 1.54) is 11.8 Å². The van der Waals surface area contributed by atoms with Crippen LogP contribution >= 0.6 is 23.4 Å². The fourth-order valence-corrected chi connectivity index (χ4v) is 4.07. The highest BCUT2D eigenvalue weighted by atomic mass is 35.5. The Morgan fingerprint density at radius 2 is 2.00 bits per heavy atom. The molecule has 0 aromatic carbocycles. The molecule has 4 heterocycles. The molecule has 4 N–H and O–H groups in total. The predicted molar refractivity (Wildman–Crippen MR) is 103 cm³/mol. The Labute approximate surface area is 160 Å². The van der Waals surface area contributed by atoms with E-state index in [0.29, 0.717) is 10.8 Å². The van der Waals surface area contributed by atoms with Crippen molar-refractivity contribution in [3.05, 3.63) is 29.8 Å². The first-order valence-corrected chi connectivity index (χ1v) is 9.44. The highest BCUT2D eigenvalue weighted by Gasteiger charge is 2.28. The maximum atomic E-state index is 6.26. The zero-order valence-corrected chi connectivity index (χ0v) is 15.8. The lowest BCUT2D eigenvalue weighted by Gasteiger charge is -2.37. The Hall–Kier alpha value is -2.10. The summed E-state index contributed by atoms with van der Waals surface area (Å²) >= 11 is 7.70. The Morgan fingerprint density at radius 1 is 1.23 bits per heavy atom. The van der Waals surface area contributed by atoms with Crippen LogP contribution in [0.2, 0.25) is 5.02 Å². The van der Waals surface area contributed by atoms with Gasteiger partial charge in [-0.1, -0.05) is 23.4 Å². The lowest BCUT2D eigenvalue weighted by molar-refractivity contribution is 0.361. The van der Waals surface area contributed by atoms with E-state index in [9.17, 15) is 0 Å². The van der Waals surface area contributed by atoms with Gasteiger partial charge in [0.25, 0.3) is 0 Å². The van der Waals surface area contributed by atoms with Crippen LogP contribution in [-0.4, -0.2) is 43.2 Å². The van der Waals surface area contributed by atoms with Gasteiger partial charge in [-0.25, -0.2) is 14.4 Å². The van der Waals surface area contributed by atoms with Crippen molar-refractivity contribution in [3.63, 3.8) is 0 Å². The Bertz CT molecular complexity index is 947. The summed E-state index contributed by atoms with van der Waals surface area (Å²) in [4.78, 5) is 12.5. The molecule has 1 saturated heterocycles. The molecule has 0 unspecified atom stereocenters. The lowest BCUT2D eigenvalue weighted by atomic mass is 9.91. The van der Waals surface area contributed by atoms with E-state index in [0.717, 1.165) is 47.3 Å². The molecule has 0 aliphatic carbocycles. The van der Waals surface area contributed by atoms with E-state index in [1.807, 2.05) is 10.5 Å². The molecular weight excluding hydrogens is 372 g/mol. The second-order valence-corrected chi connectivity index (χ2v) is 8.16. The monoisotopic (exact) mass is 390 g/mol. The number of hydrogen-bond acceptors (Lipinski definition) is 8. The third kappa shape index (κ3) is 3.17. The van der Waals surface area contributed by atoms with E-state index in [2.05, 4.69) is 32.0 Å². The highest BCUT2D eigenvalue weighted by Crippen LogP contribution is 2.37. The van der Waals surface area contributed by atoms with Crippen LogP contribution in [0.3, 0.4) is 0 Å². The Balaban J connectivity index is 1.67. The lowest BCUT2D eigenvalue weighted by Crippen LogP contribution is -2.48. The molecule has 10 heteroatoms. The van der Waals surface area contributed by atoms with E-state index in [4.69, 9.17) is 23.1 Å². The van der Waals surface area contributed by atoms with E-state index in [-0.39, 0.29) is 5.54 Å². The average Bonchev–Trinajstić information content (AvgIpc) is 3.10. The van der Waals surface area contributed by atoms with Crippen molar-refractivity contribution in [1.82, 2.24) is 24.6 Å². The van der Waals surface area contributed by atoms with Gasteiger partial charge in [-0.15, -0.1) is 10.2 Å². The maximum absolute atomic E-state index is 6.26. The topological polar surface area (TPSA) is 111 Å². The van der Waals surface area contributed by atoms with Crippen molar-refractivity contribution < 1.29 is 0 Å². The minimum atomic E-state index is -0.114. The smallest absolute Gasteiger partial charge is 0.212 e. The summed E-state index contributed by atoms with van der Waals surface area (Å²) in [6, 6.07) is 1.82. The van der Waals surface area contributed by atoms with Gasteiger partial charge >= 0.3 is 0 Å². The molecule has 0 spiro atoms. The number of piperidine rings is 1. The SMILES string of the molecule is CC1(N)CCN(c2ncc(Sc3ccnc(N)c3Cl)c3nncn23)CC1. The predicted octanol–water partition coefficient (Wildman–Crippen LogP) is 2.22. The number of nitrogens with two attached hydrogens (primary N) is 2. The molecular formula is C16H19ClN8S. The van der Waals surface area contributed by atoms with Crippen LogP contribution in [0.1, 0.15) is 19.8 Å². The molecule has 136 valence electrons. The summed E-state index contributed by atoms with van der Waals surface area (Å²) in [6.07, 6.45) is 6.94. The number of pyridine rings is 1. The van der Waals surface area contributed by atoms with Crippen molar-refractivity contribution in [2.24, 2.45) is 5.73 Å². The van der Waals surface area contributed by atoms with Crippen LogP contribution in [-0.2, 0) is 0 Å². The van der Waals surface area contributed by atoms with Gasteiger partial charge in [0.15, 0.2) is 5.65 Å². The third-order valence-corrected chi connectivity index (χ3v) is 6.15. The quantitative estimate of drug-likeness (QED) is 0.700. The van der Waals surface area contributed by atoms with Gasteiger partial charge < -0.3 is 16.4 Å². The maximum Gasteiger partial charge on any atom is 0.212 e. The first-order chi connectivity index (χ1) is 12.4. The van der Waals surface area contributed by atoms with Gasteiger partial charge in [0.05, 0.1) is 9.92 Å². The molecule has 0 saturated carbocycles. The van der Waals surface area contributed by atoms with Crippen molar-refractivity contribution in [1.29, 1.82) is 0 Å². The van der Waals surface area contributed by atoms with Crippen molar-refractivity contribution in [2.75, 3.05) is 23.7 Å². The molecule has 1 aliphatic rings. The minimum Gasteiger partial charge on any atom is -0.382 e. The van der Waals surface area contributed by atoms with Crippen molar-refractivity contribution in [2.45, 2.75) is 35.1 Å². The van der Waals surface area contributed by atoms with Gasteiger partial charge in [0, 0.05) is 35.9 Å². The number of hydrogen-bond donors (Lipinski definition) is 2. The third-order valence-electron chi connectivity index (χ3n) is 4.57. The summed E-state index contributed by atoms with van der Waals surface area (Å²) in [5, 5.41) is 8.76. The molecule has 1 aliphatic heterocycles. The van der Waals surface area contributed by atoms with Gasteiger partial charge in [-0.05, 0) is 25.8 Å². The first-order valence-electron chi connectivity index (χ1n) is 8.25. The van der Waals surface area contributed by atoms with Crippen LogP contribution < -0.4 is 16.4 Å². The van der Waals surface area contributed by atoms with Crippen LogP contribution in [0.4, 0.5) is 11.8 Å². The molecule has 4 rings (SSSR count). The van der Waals surface area contributed by atoms with Crippen LogP contribution in [0.5, 0.6) is 0 Å². The summed E-state index contributed by atoms with van der Waals surface area (Å²) in [7, 11) is 0. The van der Waals surface area contributed by atoms with E-state index in [1.54, 1.807) is 18.7 Å². The van der Waals surface area contributed by atoms with E-state index < -0.39 is 0 Å². The van der Waals surface area contributed by atoms with Crippen molar-refractivity contribution in [3.8, 4) is 0 Å². The fourth-order valence-electron chi connectivity index (χ4n) is 2.95. The number of nitrogens with zero attached hydrogens (tertiary/aromatic N) is 6. The van der Waals surface area contributed by atoms with Gasteiger partial charge in [0.2, 0.25) is 5.95 Å². The number of nitrogen functional groups attached to an aromatic ring is 1. The van der Waals surface area contributed by atoms with Crippen molar-refractivity contribution >= 4 is 40.8 Å². The van der Waals surface area contributed by atoms with Crippen LogP contribution in [0, 0.1) is 0 Å². The van der Waals surface area contributed by atoms with Crippen LogP contribution in [0.15, 0.2) is 34.6 Å². The zero-order chi connectivity index (χ0) is 18.3. The Morgan fingerprint density at radius 3 is 2.77 bits per heavy atom. The zero-order valence-electron chi connectivity index (χ0n) is 14.3. The number of fused-ring (bicyclic) bond motifs is 1. The second kappa shape index (κ2) is 6.57. The largest absolute Gasteiger partial charge is 0.382 e. The minimum absolute atomic E-state index is 0.114. The standard InChI is InChI=1S/C16H19ClN8S/c1-16(19)3-6-24(7-4-16)15-21-8-11(14-23-22-9-25(14)15)26-10-2-5-20-13(18)12(10)17/h2,5,8-9H,3-4,6-7,19H2,1H3,(H2,18,20). The molecule has 0 bridgehead atoms. The molecule has 8 nitrogen and oxygen atoms in total.